The Bertz CT molecular complexity index is 569. The van der Waals surface area contributed by atoms with E-state index in [-0.39, 0.29) is 5.15 Å². The SMILES string of the molecule is Cc1ccc(Cl)c(Oc2nc(Cl)c(C=O)s2)c1. The highest BCUT2D eigenvalue weighted by atomic mass is 35.5. The lowest BCUT2D eigenvalue weighted by Gasteiger charge is -2.04. The van der Waals surface area contributed by atoms with E-state index in [0.29, 0.717) is 27.1 Å². The Morgan fingerprint density at radius 3 is 2.82 bits per heavy atom. The van der Waals surface area contributed by atoms with Crippen molar-refractivity contribution in [3.8, 4) is 10.9 Å². The second kappa shape index (κ2) is 5.04. The zero-order valence-corrected chi connectivity index (χ0v) is 11.1. The van der Waals surface area contributed by atoms with Crippen molar-refractivity contribution in [2.24, 2.45) is 0 Å². The van der Waals surface area contributed by atoms with E-state index in [1.165, 1.54) is 0 Å². The highest BCUT2D eigenvalue weighted by Gasteiger charge is 2.11. The van der Waals surface area contributed by atoms with Crippen LogP contribution in [0.5, 0.6) is 10.9 Å². The molecule has 0 spiro atoms. The Morgan fingerprint density at radius 2 is 2.18 bits per heavy atom. The summed E-state index contributed by atoms with van der Waals surface area (Å²) in [4.78, 5) is 14.9. The fourth-order valence-corrected chi connectivity index (χ4v) is 2.27. The number of carbonyl (C=O) groups is 1. The van der Waals surface area contributed by atoms with Crippen LogP contribution in [-0.4, -0.2) is 11.3 Å². The predicted octanol–water partition coefficient (Wildman–Crippen LogP) is 4.36. The molecule has 0 unspecified atom stereocenters. The molecule has 0 radical (unpaired) electrons. The predicted molar refractivity (Wildman–Crippen MR) is 68.8 cm³/mol. The first-order chi connectivity index (χ1) is 8.10. The van der Waals surface area contributed by atoms with E-state index < -0.39 is 0 Å². The van der Waals surface area contributed by atoms with Gasteiger partial charge < -0.3 is 4.74 Å². The molecule has 6 heteroatoms. The molecule has 0 saturated carbocycles. The molecule has 0 saturated heterocycles. The second-order valence-electron chi connectivity index (χ2n) is 3.29. The van der Waals surface area contributed by atoms with Gasteiger partial charge in [0, 0.05) is 0 Å². The first kappa shape index (κ1) is 12.4. The summed E-state index contributed by atoms with van der Waals surface area (Å²) in [6.45, 7) is 1.93. The maximum atomic E-state index is 10.6. The van der Waals surface area contributed by atoms with E-state index in [4.69, 9.17) is 27.9 Å². The van der Waals surface area contributed by atoms with E-state index >= 15 is 0 Å². The van der Waals surface area contributed by atoms with Gasteiger partial charge in [-0.15, -0.1) is 0 Å². The fourth-order valence-electron chi connectivity index (χ4n) is 1.19. The third kappa shape index (κ3) is 2.77. The van der Waals surface area contributed by atoms with Crippen LogP contribution in [0.3, 0.4) is 0 Å². The molecule has 1 aromatic carbocycles. The Morgan fingerprint density at radius 1 is 1.41 bits per heavy atom. The van der Waals surface area contributed by atoms with Crippen LogP contribution in [-0.2, 0) is 0 Å². The molecule has 3 nitrogen and oxygen atoms in total. The highest BCUT2D eigenvalue weighted by Crippen LogP contribution is 2.34. The number of nitrogens with zero attached hydrogens (tertiary/aromatic N) is 1. The molecule has 0 aliphatic heterocycles. The monoisotopic (exact) mass is 287 g/mol. The quantitative estimate of drug-likeness (QED) is 0.787. The molecule has 1 heterocycles. The summed E-state index contributed by atoms with van der Waals surface area (Å²) in [5, 5.41) is 0.919. The number of aldehydes is 1. The first-order valence-electron chi connectivity index (χ1n) is 4.65. The van der Waals surface area contributed by atoms with Crippen LogP contribution in [0.25, 0.3) is 0 Å². The van der Waals surface area contributed by atoms with Gasteiger partial charge >= 0.3 is 0 Å². The number of aryl methyl sites for hydroxylation is 1. The standard InChI is InChI=1S/C11H7Cl2NO2S/c1-6-2-3-7(12)8(4-6)16-11-14-10(13)9(5-15)17-11/h2-5H,1H3. The summed E-state index contributed by atoms with van der Waals surface area (Å²) in [5.41, 5.74) is 1.02. The number of aromatic nitrogens is 1. The summed E-state index contributed by atoms with van der Waals surface area (Å²) >= 11 is 12.8. The van der Waals surface area contributed by atoms with Crippen molar-refractivity contribution in [3.63, 3.8) is 0 Å². The van der Waals surface area contributed by atoms with Crippen LogP contribution >= 0.6 is 34.5 Å². The van der Waals surface area contributed by atoms with Crippen molar-refractivity contribution in [1.82, 2.24) is 4.98 Å². The Hall–Kier alpha value is -1.10. The number of hydrogen-bond donors (Lipinski definition) is 0. The lowest BCUT2D eigenvalue weighted by atomic mass is 10.2. The summed E-state index contributed by atoms with van der Waals surface area (Å²) in [7, 11) is 0. The number of hydrogen-bond acceptors (Lipinski definition) is 4. The molecular weight excluding hydrogens is 281 g/mol. The smallest absolute Gasteiger partial charge is 0.280 e. The minimum atomic E-state index is 0.142. The third-order valence-corrected chi connectivity index (χ3v) is 3.55. The van der Waals surface area contributed by atoms with Gasteiger partial charge in [0.2, 0.25) is 0 Å². The largest absolute Gasteiger partial charge is 0.429 e. The van der Waals surface area contributed by atoms with Crippen LogP contribution in [0.15, 0.2) is 18.2 Å². The van der Waals surface area contributed by atoms with Gasteiger partial charge in [-0.25, -0.2) is 0 Å². The molecule has 2 rings (SSSR count). The molecular formula is C11H7Cl2NO2S. The van der Waals surface area contributed by atoms with Crippen LogP contribution in [0.4, 0.5) is 0 Å². The van der Waals surface area contributed by atoms with E-state index in [1.54, 1.807) is 12.1 Å². The fraction of sp³-hybridized carbons (Fsp3) is 0.0909. The summed E-state index contributed by atoms with van der Waals surface area (Å²) in [6, 6.07) is 5.40. The average Bonchev–Trinajstić information content (AvgIpc) is 2.64. The van der Waals surface area contributed by atoms with Crippen molar-refractivity contribution in [2.75, 3.05) is 0 Å². The number of rotatable bonds is 3. The summed E-state index contributed by atoms with van der Waals surface area (Å²) in [5.74, 6) is 0.495. The maximum absolute atomic E-state index is 10.6. The molecule has 88 valence electrons. The van der Waals surface area contributed by atoms with Crippen LogP contribution < -0.4 is 4.74 Å². The Labute approximate surface area is 112 Å². The summed E-state index contributed by atoms with van der Waals surface area (Å²) < 4.78 is 5.49. The lowest BCUT2D eigenvalue weighted by Crippen LogP contribution is -1.85. The lowest BCUT2D eigenvalue weighted by molar-refractivity contribution is 0.112. The van der Waals surface area contributed by atoms with E-state index in [2.05, 4.69) is 4.98 Å². The van der Waals surface area contributed by atoms with Gasteiger partial charge in [-0.3, -0.25) is 4.79 Å². The summed E-state index contributed by atoms with van der Waals surface area (Å²) in [6.07, 6.45) is 0.644. The van der Waals surface area contributed by atoms with Crippen molar-refractivity contribution < 1.29 is 9.53 Å². The van der Waals surface area contributed by atoms with E-state index in [0.717, 1.165) is 16.9 Å². The van der Waals surface area contributed by atoms with Crippen LogP contribution in [0.2, 0.25) is 10.2 Å². The average molecular weight is 288 g/mol. The van der Waals surface area contributed by atoms with E-state index in [1.807, 2.05) is 13.0 Å². The normalized spacial score (nSPS) is 10.3. The van der Waals surface area contributed by atoms with Gasteiger partial charge in [0.25, 0.3) is 5.19 Å². The minimum absolute atomic E-state index is 0.142. The second-order valence-corrected chi connectivity index (χ2v) is 5.05. The molecule has 0 aliphatic carbocycles. The van der Waals surface area contributed by atoms with Gasteiger partial charge in [-0.1, -0.05) is 40.6 Å². The number of ether oxygens (including phenoxy) is 1. The molecule has 0 N–H and O–H groups in total. The van der Waals surface area contributed by atoms with Crippen molar-refractivity contribution in [3.05, 3.63) is 38.8 Å². The third-order valence-electron chi connectivity index (χ3n) is 1.98. The van der Waals surface area contributed by atoms with Gasteiger partial charge in [0.15, 0.2) is 11.4 Å². The van der Waals surface area contributed by atoms with Crippen molar-refractivity contribution in [2.45, 2.75) is 6.92 Å². The van der Waals surface area contributed by atoms with Crippen molar-refractivity contribution >= 4 is 40.8 Å². The number of benzene rings is 1. The zero-order chi connectivity index (χ0) is 12.4. The zero-order valence-electron chi connectivity index (χ0n) is 8.74. The topological polar surface area (TPSA) is 39.2 Å². The molecule has 0 amide bonds. The van der Waals surface area contributed by atoms with Crippen LogP contribution in [0, 0.1) is 6.92 Å². The Kier molecular flexibility index (Phi) is 3.66. The van der Waals surface area contributed by atoms with Gasteiger partial charge in [-0.05, 0) is 24.6 Å². The number of thiazole rings is 1. The Balaban J connectivity index is 2.30. The molecule has 0 fully saturated rings. The number of carbonyl (C=O) groups excluding carboxylic acids is 1. The molecule has 0 aliphatic rings. The molecule has 2 aromatic rings. The molecule has 1 aromatic heterocycles. The van der Waals surface area contributed by atoms with Crippen LogP contribution in [0.1, 0.15) is 15.2 Å². The molecule has 0 atom stereocenters. The first-order valence-corrected chi connectivity index (χ1v) is 6.23. The molecule has 0 bridgehead atoms. The number of halogens is 2. The minimum Gasteiger partial charge on any atom is -0.429 e. The van der Waals surface area contributed by atoms with Gasteiger partial charge in [0.1, 0.15) is 10.6 Å². The van der Waals surface area contributed by atoms with Gasteiger partial charge in [-0.2, -0.15) is 4.98 Å². The van der Waals surface area contributed by atoms with E-state index in [9.17, 15) is 4.79 Å². The molecule has 17 heavy (non-hydrogen) atoms. The maximum Gasteiger partial charge on any atom is 0.280 e. The van der Waals surface area contributed by atoms with Crippen molar-refractivity contribution in [1.29, 1.82) is 0 Å². The highest BCUT2D eigenvalue weighted by molar-refractivity contribution is 7.15. The van der Waals surface area contributed by atoms with Gasteiger partial charge in [0.05, 0.1) is 5.02 Å².